The zero-order valence-electron chi connectivity index (χ0n) is 15.5. The second-order valence-corrected chi connectivity index (χ2v) is 7.94. The van der Waals surface area contributed by atoms with E-state index in [-0.39, 0.29) is 0 Å². The molecule has 0 unspecified atom stereocenters. The van der Waals surface area contributed by atoms with Crippen molar-refractivity contribution in [3.63, 3.8) is 0 Å². The van der Waals surface area contributed by atoms with Crippen molar-refractivity contribution in [1.82, 2.24) is 15.3 Å². The van der Waals surface area contributed by atoms with E-state index in [4.69, 9.17) is 28.6 Å². The van der Waals surface area contributed by atoms with E-state index >= 15 is 0 Å². The maximum Gasteiger partial charge on any atom is 0.170 e. The number of thiocarbonyl (C=S) groups is 1. The minimum absolute atomic E-state index is 0.348. The van der Waals surface area contributed by atoms with Crippen molar-refractivity contribution in [1.29, 1.82) is 0 Å². The number of anilines is 1. The monoisotopic (exact) mass is 414 g/mol. The van der Waals surface area contributed by atoms with E-state index in [9.17, 15) is 0 Å². The Morgan fingerprint density at radius 2 is 2.04 bits per heavy atom. The van der Waals surface area contributed by atoms with Crippen molar-refractivity contribution in [2.45, 2.75) is 44.8 Å². The number of nitrogens with zero attached hydrogens (tertiary/aromatic N) is 1. The fourth-order valence-corrected chi connectivity index (χ4v) is 3.97. The molecule has 0 bridgehead atoms. The van der Waals surface area contributed by atoms with Crippen molar-refractivity contribution in [2.24, 2.45) is 0 Å². The summed E-state index contributed by atoms with van der Waals surface area (Å²) in [5, 5.41) is 8.02. The van der Waals surface area contributed by atoms with Gasteiger partial charge in [-0.05, 0) is 55.4 Å². The van der Waals surface area contributed by atoms with E-state index in [0.717, 1.165) is 28.3 Å². The first-order valence-electron chi connectivity index (χ1n) is 9.60. The standard InChI is InChI=1S/C21H23ClN4OS/c22-14-9-10-18-19(11-14)26-20(25-18)13-27-17-8-4-7-16(12-17)24-21(28)23-15-5-2-1-3-6-15/h4,7-12,15H,1-3,5-6,13H2,(H,25,26)(H2,23,24,28). The van der Waals surface area contributed by atoms with E-state index in [0.29, 0.717) is 22.8 Å². The van der Waals surface area contributed by atoms with Crippen molar-refractivity contribution >= 4 is 45.7 Å². The van der Waals surface area contributed by atoms with Gasteiger partial charge in [-0.15, -0.1) is 0 Å². The van der Waals surface area contributed by atoms with Crippen LogP contribution in [0.5, 0.6) is 5.75 Å². The van der Waals surface area contributed by atoms with Gasteiger partial charge in [-0.25, -0.2) is 4.98 Å². The van der Waals surface area contributed by atoms with Crippen molar-refractivity contribution < 1.29 is 4.74 Å². The number of hydrogen-bond donors (Lipinski definition) is 3. The Labute approximate surface area is 174 Å². The molecule has 5 nitrogen and oxygen atoms in total. The molecule has 4 rings (SSSR count). The predicted molar refractivity (Wildman–Crippen MR) is 118 cm³/mol. The lowest BCUT2D eigenvalue weighted by Gasteiger charge is -2.24. The number of benzene rings is 2. The third-order valence-electron chi connectivity index (χ3n) is 4.90. The van der Waals surface area contributed by atoms with Gasteiger partial charge in [0.25, 0.3) is 0 Å². The summed E-state index contributed by atoms with van der Waals surface area (Å²) in [5.41, 5.74) is 2.68. The Balaban J connectivity index is 1.34. The van der Waals surface area contributed by atoms with Gasteiger partial charge in [-0.2, -0.15) is 0 Å². The van der Waals surface area contributed by atoms with Crippen LogP contribution in [-0.4, -0.2) is 21.1 Å². The lowest BCUT2D eigenvalue weighted by Crippen LogP contribution is -2.38. The Morgan fingerprint density at radius 3 is 2.89 bits per heavy atom. The number of ether oxygens (including phenoxy) is 1. The van der Waals surface area contributed by atoms with Crippen LogP contribution in [0, 0.1) is 0 Å². The summed E-state index contributed by atoms with van der Waals surface area (Å²) in [7, 11) is 0. The van der Waals surface area contributed by atoms with Gasteiger partial charge in [0, 0.05) is 22.8 Å². The second-order valence-electron chi connectivity index (χ2n) is 7.09. The summed E-state index contributed by atoms with van der Waals surface area (Å²) in [4.78, 5) is 7.75. The van der Waals surface area contributed by atoms with Gasteiger partial charge < -0.3 is 20.4 Å². The number of rotatable bonds is 5. The Bertz CT molecular complexity index is 968. The highest BCUT2D eigenvalue weighted by Crippen LogP contribution is 2.21. The fraction of sp³-hybridized carbons (Fsp3) is 0.333. The van der Waals surface area contributed by atoms with Crippen molar-refractivity contribution in [2.75, 3.05) is 5.32 Å². The van der Waals surface area contributed by atoms with Crippen molar-refractivity contribution in [3.8, 4) is 5.75 Å². The normalized spacial score (nSPS) is 14.8. The number of nitrogens with one attached hydrogen (secondary N) is 3. The summed E-state index contributed by atoms with van der Waals surface area (Å²) < 4.78 is 5.89. The highest BCUT2D eigenvalue weighted by Gasteiger charge is 2.14. The van der Waals surface area contributed by atoms with Gasteiger partial charge >= 0.3 is 0 Å². The first-order valence-corrected chi connectivity index (χ1v) is 10.4. The van der Waals surface area contributed by atoms with E-state index in [1.165, 1.54) is 32.1 Å². The number of H-pyrrole nitrogens is 1. The molecule has 1 aliphatic rings. The quantitative estimate of drug-likeness (QED) is 0.487. The molecule has 1 saturated carbocycles. The molecular weight excluding hydrogens is 392 g/mol. The van der Waals surface area contributed by atoms with Crippen LogP contribution >= 0.6 is 23.8 Å². The molecule has 1 aromatic heterocycles. The molecule has 1 aliphatic carbocycles. The van der Waals surface area contributed by atoms with Gasteiger partial charge in [-0.3, -0.25) is 0 Å². The molecule has 3 N–H and O–H groups in total. The van der Waals surface area contributed by atoms with Crippen LogP contribution in [0.2, 0.25) is 5.02 Å². The van der Waals surface area contributed by atoms with Crippen LogP contribution in [0.15, 0.2) is 42.5 Å². The zero-order valence-corrected chi connectivity index (χ0v) is 17.1. The summed E-state index contributed by atoms with van der Waals surface area (Å²) in [6.45, 7) is 0.348. The smallest absolute Gasteiger partial charge is 0.170 e. The van der Waals surface area contributed by atoms with Crippen LogP contribution in [-0.2, 0) is 6.61 Å². The van der Waals surface area contributed by atoms with Gasteiger partial charge in [0.1, 0.15) is 18.2 Å². The number of aromatic nitrogens is 2. The fourth-order valence-electron chi connectivity index (χ4n) is 3.52. The highest BCUT2D eigenvalue weighted by molar-refractivity contribution is 7.80. The predicted octanol–water partition coefficient (Wildman–Crippen LogP) is 5.41. The molecule has 1 fully saturated rings. The number of halogens is 1. The Kier molecular flexibility index (Phi) is 5.98. The Hall–Kier alpha value is -2.31. The van der Waals surface area contributed by atoms with Crippen LogP contribution in [0.1, 0.15) is 37.9 Å². The molecule has 0 saturated heterocycles. The first kappa shape index (κ1) is 19.0. The minimum atomic E-state index is 0.348. The molecule has 0 atom stereocenters. The van der Waals surface area contributed by atoms with E-state index < -0.39 is 0 Å². The lowest BCUT2D eigenvalue weighted by atomic mass is 9.96. The zero-order chi connectivity index (χ0) is 19.3. The van der Waals surface area contributed by atoms with E-state index in [1.54, 1.807) is 0 Å². The molecule has 1 heterocycles. The first-order chi connectivity index (χ1) is 13.7. The van der Waals surface area contributed by atoms with E-state index in [2.05, 4.69) is 20.6 Å². The van der Waals surface area contributed by atoms with Gasteiger partial charge in [0.2, 0.25) is 0 Å². The molecule has 3 aromatic rings. The van der Waals surface area contributed by atoms with Crippen LogP contribution in [0.3, 0.4) is 0 Å². The minimum Gasteiger partial charge on any atom is -0.486 e. The van der Waals surface area contributed by atoms with Crippen LogP contribution in [0.4, 0.5) is 5.69 Å². The molecule has 28 heavy (non-hydrogen) atoms. The number of imidazole rings is 1. The molecule has 7 heteroatoms. The van der Waals surface area contributed by atoms with Gasteiger partial charge in [-0.1, -0.05) is 36.9 Å². The van der Waals surface area contributed by atoms with Gasteiger partial charge in [0.05, 0.1) is 11.0 Å². The summed E-state index contributed by atoms with van der Waals surface area (Å²) in [5.74, 6) is 1.51. The molecule has 0 amide bonds. The summed E-state index contributed by atoms with van der Waals surface area (Å²) >= 11 is 11.5. The molecule has 146 valence electrons. The third-order valence-corrected chi connectivity index (χ3v) is 5.36. The third kappa shape index (κ3) is 4.94. The summed E-state index contributed by atoms with van der Waals surface area (Å²) in [6, 6.07) is 13.8. The second kappa shape index (κ2) is 8.80. The molecule has 0 radical (unpaired) electrons. The largest absolute Gasteiger partial charge is 0.486 e. The summed E-state index contributed by atoms with van der Waals surface area (Å²) in [6.07, 6.45) is 6.26. The van der Waals surface area contributed by atoms with Crippen LogP contribution < -0.4 is 15.4 Å². The molecule has 2 aromatic carbocycles. The molecule has 0 aliphatic heterocycles. The molecule has 0 spiro atoms. The van der Waals surface area contributed by atoms with E-state index in [1.807, 2.05) is 42.5 Å². The maximum absolute atomic E-state index is 6.02. The number of aromatic amines is 1. The maximum atomic E-state index is 6.02. The average Bonchev–Trinajstić information content (AvgIpc) is 3.09. The topological polar surface area (TPSA) is 62.0 Å². The van der Waals surface area contributed by atoms with Crippen LogP contribution in [0.25, 0.3) is 11.0 Å². The highest BCUT2D eigenvalue weighted by atomic mass is 35.5. The van der Waals surface area contributed by atoms with Gasteiger partial charge in [0.15, 0.2) is 5.11 Å². The SMILES string of the molecule is S=C(Nc1cccc(OCc2nc3ccc(Cl)cc3[nH]2)c1)NC1CCCCC1. The lowest BCUT2D eigenvalue weighted by molar-refractivity contribution is 0.297. The number of fused-ring (bicyclic) bond motifs is 1. The number of hydrogen-bond acceptors (Lipinski definition) is 3. The Morgan fingerprint density at radius 1 is 1.18 bits per heavy atom. The average molecular weight is 415 g/mol. The van der Waals surface area contributed by atoms with Crippen molar-refractivity contribution in [3.05, 3.63) is 53.3 Å². The molecular formula is C21H23ClN4OS.